The van der Waals surface area contributed by atoms with Crippen LogP contribution in [0.3, 0.4) is 0 Å². The number of nitrogens with one attached hydrogen (secondary N) is 1. The molecule has 1 aromatic rings. The molecule has 0 saturated heterocycles. The molecule has 0 aromatic carbocycles. The van der Waals surface area contributed by atoms with Crippen LogP contribution in [0.15, 0.2) is 16.7 Å². The van der Waals surface area contributed by atoms with Crippen molar-refractivity contribution in [1.29, 1.82) is 0 Å². The number of nitrogens with zero attached hydrogens (tertiary/aromatic N) is 1. The number of pyridine rings is 1. The number of halogens is 2. The van der Waals surface area contributed by atoms with Gasteiger partial charge in [0.1, 0.15) is 5.82 Å². The number of hydrogen-bond donors (Lipinski definition) is 1. The van der Waals surface area contributed by atoms with Crippen LogP contribution in [0.4, 0.5) is 5.82 Å². The fraction of sp³-hybridized carbons (Fsp3) is 0.333. The van der Waals surface area contributed by atoms with Gasteiger partial charge in [0, 0.05) is 19.4 Å². The highest BCUT2D eigenvalue weighted by atomic mass is 79.9. The molecule has 1 N–H and O–H groups in total. The number of amides is 1. The van der Waals surface area contributed by atoms with Gasteiger partial charge in [0.05, 0.1) is 22.5 Å². The van der Waals surface area contributed by atoms with Crippen LogP contribution in [0.25, 0.3) is 0 Å². The quantitative estimate of drug-likeness (QED) is 0.928. The van der Waals surface area contributed by atoms with Gasteiger partial charge in [0.15, 0.2) is 0 Å². The van der Waals surface area contributed by atoms with E-state index in [9.17, 15) is 4.79 Å². The summed E-state index contributed by atoms with van der Waals surface area (Å²) in [7, 11) is 1.54. The molecule has 0 unspecified atom stereocenters. The highest BCUT2D eigenvalue weighted by molar-refractivity contribution is 9.10. The third-order valence-electron chi connectivity index (χ3n) is 1.61. The van der Waals surface area contributed by atoms with E-state index in [0.717, 1.165) is 0 Å². The van der Waals surface area contributed by atoms with Crippen molar-refractivity contribution in [3.05, 3.63) is 21.8 Å². The lowest BCUT2D eigenvalue weighted by atomic mass is 10.4. The maximum Gasteiger partial charge on any atom is 0.227 e. The van der Waals surface area contributed by atoms with Crippen LogP contribution in [0, 0.1) is 0 Å². The number of carbonyl (C=O) groups excluding carboxylic acids is 1. The Morgan fingerprint density at radius 1 is 1.73 bits per heavy atom. The van der Waals surface area contributed by atoms with Crippen molar-refractivity contribution in [2.45, 2.75) is 6.42 Å². The van der Waals surface area contributed by atoms with Crippen molar-refractivity contribution >= 4 is 39.3 Å². The van der Waals surface area contributed by atoms with Crippen LogP contribution in [-0.2, 0) is 9.53 Å². The first-order valence-corrected chi connectivity index (χ1v) is 5.40. The number of carbonyl (C=O) groups is 1. The molecule has 1 rings (SSSR count). The standard InChI is InChI=1S/C9H10BrClN2O2/c1-15-3-2-9(14)13-8-4-7(11)6(10)5-12-8/h4-5H,2-3H2,1H3,(H,12,13,14). The van der Waals surface area contributed by atoms with Crippen molar-refractivity contribution in [3.8, 4) is 0 Å². The van der Waals surface area contributed by atoms with Gasteiger partial charge in [0.2, 0.25) is 5.91 Å². The zero-order chi connectivity index (χ0) is 11.3. The molecule has 0 fully saturated rings. The van der Waals surface area contributed by atoms with E-state index in [1.807, 2.05) is 0 Å². The molecule has 0 aliphatic carbocycles. The molecule has 1 amide bonds. The maximum absolute atomic E-state index is 11.3. The molecule has 0 spiro atoms. The second kappa shape index (κ2) is 6.05. The zero-order valence-electron chi connectivity index (χ0n) is 8.09. The van der Waals surface area contributed by atoms with Crippen LogP contribution < -0.4 is 5.32 Å². The molecule has 82 valence electrons. The van der Waals surface area contributed by atoms with Crippen molar-refractivity contribution in [1.82, 2.24) is 4.98 Å². The Morgan fingerprint density at radius 3 is 3.07 bits per heavy atom. The van der Waals surface area contributed by atoms with E-state index in [4.69, 9.17) is 16.3 Å². The van der Waals surface area contributed by atoms with Crippen molar-refractivity contribution in [2.75, 3.05) is 19.0 Å². The van der Waals surface area contributed by atoms with E-state index in [0.29, 0.717) is 28.3 Å². The fourth-order valence-corrected chi connectivity index (χ4v) is 1.25. The molecule has 0 radical (unpaired) electrons. The van der Waals surface area contributed by atoms with Gasteiger partial charge in [-0.2, -0.15) is 0 Å². The normalized spacial score (nSPS) is 10.1. The fourth-order valence-electron chi connectivity index (χ4n) is 0.883. The van der Waals surface area contributed by atoms with E-state index in [1.54, 1.807) is 13.2 Å². The van der Waals surface area contributed by atoms with E-state index >= 15 is 0 Å². The Bertz CT molecular complexity index is 360. The van der Waals surface area contributed by atoms with Gasteiger partial charge in [-0.05, 0) is 15.9 Å². The molecule has 0 saturated carbocycles. The summed E-state index contributed by atoms with van der Waals surface area (Å²) in [6, 6.07) is 1.58. The highest BCUT2D eigenvalue weighted by Gasteiger charge is 2.04. The van der Waals surface area contributed by atoms with E-state index in [-0.39, 0.29) is 5.91 Å². The third-order valence-corrected chi connectivity index (χ3v) is 2.78. The third kappa shape index (κ3) is 4.15. The van der Waals surface area contributed by atoms with Gasteiger partial charge in [-0.1, -0.05) is 11.6 Å². The summed E-state index contributed by atoms with van der Waals surface area (Å²) in [6.07, 6.45) is 1.83. The van der Waals surface area contributed by atoms with Gasteiger partial charge < -0.3 is 10.1 Å². The van der Waals surface area contributed by atoms with Gasteiger partial charge in [-0.3, -0.25) is 4.79 Å². The second-order valence-electron chi connectivity index (χ2n) is 2.77. The molecule has 0 aliphatic rings. The average Bonchev–Trinajstić information content (AvgIpc) is 2.20. The van der Waals surface area contributed by atoms with Crippen LogP contribution in [0.2, 0.25) is 5.02 Å². The number of anilines is 1. The molecule has 6 heteroatoms. The lowest BCUT2D eigenvalue weighted by Crippen LogP contribution is -2.14. The minimum atomic E-state index is -0.150. The summed E-state index contributed by atoms with van der Waals surface area (Å²) in [6.45, 7) is 0.385. The lowest BCUT2D eigenvalue weighted by molar-refractivity contribution is -0.117. The molecule has 0 atom stereocenters. The number of rotatable bonds is 4. The van der Waals surface area contributed by atoms with Crippen molar-refractivity contribution in [2.24, 2.45) is 0 Å². The molecule has 4 nitrogen and oxygen atoms in total. The summed E-state index contributed by atoms with van der Waals surface area (Å²) >= 11 is 9.05. The predicted octanol–water partition coefficient (Wildman–Crippen LogP) is 2.47. The summed E-state index contributed by atoms with van der Waals surface area (Å²) in [5.41, 5.74) is 0. The molecule has 1 heterocycles. The zero-order valence-corrected chi connectivity index (χ0v) is 10.4. The Hall–Kier alpha value is -0.650. The van der Waals surface area contributed by atoms with E-state index in [1.165, 1.54) is 6.20 Å². The molecule has 1 aromatic heterocycles. The summed E-state index contributed by atoms with van der Waals surface area (Å²) in [4.78, 5) is 15.3. The minimum absolute atomic E-state index is 0.150. The number of aromatic nitrogens is 1. The molecule has 0 bridgehead atoms. The van der Waals surface area contributed by atoms with Gasteiger partial charge in [0.25, 0.3) is 0 Å². The molecular formula is C9H10BrClN2O2. The van der Waals surface area contributed by atoms with Crippen LogP contribution >= 0.6 is 27.5 Å². The van der Waals surface area contributed by atoms with Crippen molar-refractivity contribution in [3.63, 3.8) is 0 Å². The second-order valence-corrected chi connectivity index (χ2v) is 4.04. The van der Waals surface area contributed by atoms with E-state index in [2.05, 4.69) is 26.2 Å². The Labute approximate surface area is 101 Å². The number of methoxy groups -OCH3 is 1. The SMILES string of the molecule is COCCC(=O)Nc1cc(Cl)c(Br)cn1. The molecule has 0 aliphatic heterocycles. The monoisotopic (exact) mass is 292 g/mol. The first kappa shape index (κ1) is 12.4. The highest BCUT2D eigenvalue weighted by Crippen LogP contribution is 2.23. The topological polar surface area (TPSA) is 51.2 Å². The smallest absolute Gasteiger partial charge is 0.227 e. The number of hydrogen-bond acceptors (Lipinski definition) is 3. The van der Waals surface area contributed by atoms with Gasteiger partial charge in [-0.15, -0.1) is 0 Å². The largest absolute Gasteiger partial charge is 0.384 e. The Balaban J connectivity index is 2.57. The summed E-state index contributed by atoms with van der Waals surface area (Å²) in [5, 5.41) is 3.12. The first-order valence-electron chi connectivity index (χ1n) is 4.23. The van der Waals surface area contributed by atoms with Crippen molar-refractivity contribution < 1.29 is 9.53 Å². The Kier molecular flexibility index (Phi) is 5.01. The maximum atomic E-state index is 11.3. The molecular weight excluding hydrogens is 283 g/mol. The van der Waals surface area contributed by atoms with Gasteiger partial charge in [-0.25, -0.2) is 4.98 Å². The van der Waals surface area contributed by atoms with Crippen LogP contribution in [0.5, 0.6) is 0 Å². The number of ether oxygens (including phenoxy) is 1. The average molecular weight is 294 g/mol. The summed E-state index contributed by atoms with van der Waals surface area (Å²) < 4.78 is 5.47. The first-order chi connectivity index (χ1) is 7.13. The molecule has 15 heavy (non-hydrogen) atoms. The minimum Gasteiger partial charge on any atom is -0.384 e. The Morgan fingerprint density at radius 2 is 2.47 bits per heavy atom. The lowest BCUT2D eigenvalue weighted by Gasteiger charge is -2.04. The van der Waals surface area contributed by atoms with E-state index < -0.39 is 0 Å². The van der Waals surface area contributed by atoms with Crippen LogP contribution in [0.1, 0.15) is 6.42 Å². The van der Waals surface area contributed by atoms with Gasteiger partial charge >= 0.3 is 0 Å². The van der Waals surface area contributed by atoms with Crippen LogP contribution in [-0.4, -0.2) is 24.6 Å². The summed E-state index contributed by atoms with van der Waals surface area (Å²) in [5.74, 6) is 0.284. The predicted molar refractivity (Wildman–Crippen MR) is 62.1 cm³/mol.